The number of rotatable bonds is 4. The molecule has 3 heterocycles. The maximum atomic E-state index is 13.6. The molecule has 1 aromatic heterocycles. The molecule has 0 aliphatic carbocycles. The van der Waals surface area contributed by atoms with Crippen LogP contribution in [0.3, 0.4) is 0 Å². The van der Waals surface area contributed by atoms with Crippen molar-refractivity contribution in [3.05, 3.63) is 89.7 Å². The van der Waals surface area contributed by atoms with Crippen molar-refractivity contribution in [2.24, 2.45) is 0 Å². The molecule has 1 saturated heterocycles. The van der Waals surface area contributed by atoms with E-state index in [1.54, 1.807) is 28.6 Å². The molecule has 2 aliphatic heterocycles. The third kappa shape index (κ3) is 4.00. The summed E-state index contributed by atoms with van der Waals surface area (Å²) >= 11 is 0. The maximum Gasteiger partial charge on any atom is 0.254 e. The van der Waals surface area contributed by atoms with E-state index in [0.717, 1.165) is 37.1 Å². The topological polar surface area (TPSA) is 62.6 Å². The molecule has 0 radical (unpaired) electrons. The van der Waals surface area contributed by atoms with E-state index in [1.807, 2.05) is 54.4 Å². The maximum absolute atomic E-state index is 13.6. The highest BCUT2D eigenvalue weighted by molar-refractivity contribution is 7.89. The van der Waals surface area contributed by atoms with Crippen molar-refractivity contribution in [1.29, 1.82) is 0 Å². The van der Waals surface area contributed by atoms with Crippen LogP contribution in [0.15, 0.2) is 77.8 Å². The van der Waals surface area contributed by atoms with Crippen molar-refractivity contribution in [3.63, 3.8) is 0 Å². The number of aromatic nitrogens is 1. The lowest BCUT2D eigenvalue weighted by Crippen LogP contribution is -2.42. The SMILES string of the molecule is CC1CCCCN1S(=O)(=O)c1ccc(C(=O)N2CCn3cccc3C2c2ccccc2)cc1. The van der Waals surface area contributed by atoms with Crippen LogP contribution in [-0.2, 0) is 16.6 Å². The van der Waals surface area contributed by atoms with Gasteiger partial charge in [0.2, 0.25) is 10.0 Å². The van der Waals surface area contributed by atoms with E-state index in [0.29, 0.717) is 18.7 Å². The number of hydrogen-bond acceptors (Lipinski definition) is 3. The fourth-order valence-corrected chi connectivity index (χ4v) is 6.79. The summed E-state index contributed by atoms with van der Waals surface area (Å²) in [6.07, 6.45) is 4.88. The van der Waals surface area contributed by atoms with Crippen molar-refractivity contribution in [2.45, 2.75) is 49.7 Å². The van der Waals surface area contributed by atoms with Crippen molar-refractivity contribution >= 4 is 15.9 Å². The summed E-state index contributed by atoms with van der Waals surface area (Å²) in [6, 6.07) is 20.4. The van der Waals surface area contributed by atoms with Crippen LogP contribution >= 0.6 is 0 Å². The van der Waals surface area contributed by atoms with E-state index in [-0.39, 0.29) is 22.9 Å². The molecule has 1 fully saturated rings. The molecule has 2 unspecified atom stereocenters. The minimum absolute atomic E-state index is 0.00119. The van der Waals surface area contributed by atoms with Gasteiger partial charge in [-0.15, -0.1) is 0 Å². The first-order chi connectivity index (χ1) is 16.0. The molecule has 2 atom stereocenters. The van der Waals surface area contributed by atoms with E-state index in [9.17, 15) is 13.2 Å². The molecule has 0 bridgehead atoms. The van der Waals surface area contributed by atoms with Gasteiger partial charge in [-0.25, -0.2) is 8.42 Å². The van der Waals surface area contributed by atoms with Crippen LogP contribution < -0.4 is 0 Å². The van der Waals surface area contributed by atoms with Gasteiger partial charge in [0.25, 0.3) is 5.91 Å². The fourth-order valence-electron chi connectivity index (χ4n) is 5.09. The first kappa shape index (κ1) is 21.9. The first-order valence-corrected chi connectivity index (χ1v) is 13.0. The van der Waals surface area contributed by atoms with E-state index in [4.69, 9.17) is 0 Å². The van der Waals surface area contributed by atoms with Gasteiger partial charge in [-0.2, -0.15) is 4.31 Å². The number of sulfonamides is 1. The lowest BCUT2D eigenvalue weighted by atomic mass is 9.99. The molecule has 6 nitrogen and oxygen atoms in total. The van der Waals surface area contributed by atoms with Crippen LogP contribution in [0.4, 0.5) is 0 Å². The van der Waals surface area contributed by atoms with E-state index < -0.39 is 10.0 Å². The highest BCUT2D eigenvalue weighted by Gasteiger charge is 2.34. The Morgan fingerprint density at radius 2 is 1.64 bits per heavy atom. The number of carbonyl (C=O) groups excluding carboxylic acids is 1. The molecule has 0 spiro atoms. The van der Waals surface area contributed by atoms with Crippen LogP contribution in [0, 0.1) is 0 Å². The standard InChI is InChI=1S/C26H29N3O3S/c1-20-8-5-6-17-29(20)33(31,32)23-14-12-22(13-15-23)26(30)28-19-18-27-16-7-11-24(27)25(28)21-9-3-2-4-10-21/h2-4,7,9-16,20,25H,5-6,8,17-19H2,1H3. The zero-order valence-electron chi connectivity index (χ0n) is 18.8. The lowest BCUT2D eigenvalue weighted by molar-refractivity contribution is 0.0664. The van der Waals surface area contributed by atoms with Crippen molar-refractivity contribution in [3.8, 4) is 0 Å². The van der Waals surface area contributed by atoms with Gasteiger partial charge >= 0.3 is 0 Å². The second-order valence-electron chi connectivity index (χ2n) is 8.92. The summed E-state index contributed by atoms with van der Waals surface area (Å²) < 4.78 is 30.1. The zero-order valence-corrected chi connectivity index (χ0v) is 19.6. The Hall–Kier alpha value is -2.90. The fraction of sp³-hybridized carbons (Fsp3) is 0.346. The molecular formula is C26H29N3O3S. The number of benzene rings is 2. The molecule has 172 valence electrons. The van der Waals surface area contributed by atoms with Gasteiger partial charge < -0.3 is 9.47 Å². The first-order valence-electron chi connectivity index (χ1n) is 11.6. The molecular weight excluding hydrogens is 434 g/mol. The van der Waals surface area contributed by atoms with Crippen molar-refractivity contribution < 1.29 is 13.2 Å². The molecule has 7 heteroatoms. The van der Waals surface area contributed by atoms with Crippen LogP contribution in [0.5, 0.6) is 0 Å². The number of carbonyl (C=O) groups is 1. The Bertz CT molecular complexity index is 1240. The smallest absolute Gasteiger partial charge is 0.254 e. The largest absolute Gasteiger partial charge is 0.348 e. The molecule has 33 heavy (non-hydrogen) atoms. The summed E-state index contributed by atoms with van der Waals surface area (Å²) in [6.45, 7) is 3.84. The van der Waals surface area contributed by atoms with Gasteiger partial charge in [0, 0.05) is 43.1 Å². The molecule has 5 rings (SSSR count). The molecule has 3 aromatic rings. The number of fused-ring (bicyclic) bond motifs is 1. The Morgan fingerprint density at radius 3 is 2.36 bits per heavy atom. The molecule has 2 aliphatic rings. The monoisotopic (exact) mass is 463 g/mol. The van der Waals surface area contributed by atoms with Crippen LogP contribution in [0.1, 0.15) is 53.8 Å². The third-order valence-corrected chi connectivity index (χ3v) is 8.89. The Morgan fingerprint density at radius 1 is 0.879 bits per heavy atom. The predicted molar refractivity (Wildman–Crippen MR) is 127 cm³/mol. The van der Waals surface area contributed by atoms with Gasteiger partial charge in [0.15, 0.2) is 0 Å². The van der Waals surface area contributed by atoms with Crippen LogP contribution in [0.25, 0.3) is 0 Å². The summed E-state index contributed by atoms with van der Waals surface area (Å²) in [5.74, 6) is -0.0911. The molecule has 0 saturated carbocycles. The predicted octanol–water partition coefficient (Wildman–Crippen LogP) is 4.30. The quantitative estimate of drug-likeness (QED) is 0.580. The minimum atomic E-state index is -3.56. The van der Waals surface area contributed by atoms with E-state index in [2.05, 4.69) is 10.6 Å². The van der Waals surface area contributed by atoms with Crippen LogP contribution in [-0.4, -0.2) is 47.2 Å². The van der Waals surface area contributed by atoms with Gasteiger partial charge in [-0.3, -0.25) is 4.79 Å². The summed E-state index contributed by atoms with van der Waals surface area (Å²) in [5.41, 5.74) is 2.64. The Labute approximate surface area is 195 Å². The van der Waals surface area contributed by atoms with E-state index >= 15 is 0 Å². The third-order valence-electron chi connectivity index (χ3n) is 6.86. The summed E-state index contributed by atoms with van der Waals surface area (Å²) in [5, 5.41) is 0. The Kier molecular flexibility index (Phi) is 5.85. The van der Waals surface area contributed by atoms with Gasteiger partial charge in [-0.05, 0) is 61.7 Å². The summed E-state index contributed by atoms with van der Waals surface area (Å²) in [4.78, 5) is 15.7. The second-order valence-corrected chi connectivity index (χ2v) is 10.8. The Balaban J connectivity index is 1.43. The average Bonchev–Trinajstić information content (AvgIpc) is 3.33. The van der Waals surface area contributed by atoms with Gasteiger partial charge in [-0.1, -0.05) is 36.8 Å². The summed E-state index contributed by atoms with van der Waals surface area (Å²) in [7, 11) is -3.56. The van der Waals surface area contributed by atoms with Gasteiger partial charge in [0.05, 0.1) is 10.9 Å². The zero-order chi connectivity index (χ0) is 23.0. The number of hydrogen-bond donors (Lipinski definition) is 0. The lowest BCUT2D eigenvalue weighted by Gasteiger charge is -2.37. The molecule has 0 N–H and O–H groups in total. The minimum Gasteiger partial charge on any atom is -0.348 e. The second kappa shape index (κ2) is 8.80. The number of amides is 1. The highest BCUT2D eigenvalue weighted by Crippen LogP contribution is 2.33. The number of nitrogens with zero attached hydrogens (tertiary/aromatic N) is 3. The van der Waals surface area contributed by atoms with Gasteiger partial charge in [0.1, 0.15) is 0 Å². The van der Waals surface area contributed by atoms with E-state index in [1.165, 1.54) is 0 Å². The highest BCUT2D eigenvalue weighted by atomic mass is 32.2. The molecule has 1 amide bonds. The molecule has 2 aromatic carbocycles. The number of piperidine rings is 1. The van der Waals surface area contributed by atoms with Crippen molar-refractivity contribution in [2.75, 3.05) is 13.1 Å². The van der Waals surface area contributed by atoms with Crippen molar-refractivity contribution in [1.82, 2.24) is 13.8 Å². The van der Waals surface area contributed by atoms with Crippen LogP contribution in [0.2, 0.25) is 0 Å². The average molecular weight is 464 g/mol. The normalized spacial score (nSPS) is 21.5.